The van der Waals surface area contributed by atoms with Gasteiger partial charge in [0.25, 0.3) is 11.6 Å². The fraction of sp³-hybridized carbons (Fsp3) is 0.167. The van der Waals surface area contributed by atoms with Gasteiger partial charge in [0.15, 0.2) is 0 Å². The van der Waals surface area contributed by atoms with Crippen LogP contribution in [0, 0.1) is 10.1 Å². The molecule has 0 unspecified atom stereocenters. The average Bonchev–Trinajstić information content (AvgIpc) is 3.10. The molecule has 0 saturated carbocycles. The fourth-order valence-electron chi connectivity index (χ4n) is 3.76. The monoisotopic (exact) mass is 482 g/mol. The first-order valence-electron chi connectivity index (χ1n) is 10.2. The van der Waals surface area contributed by atoms with Crippen LogP contribution in [0.5, 0.6) is 0 Å². The lowest BCUT2D eigenvalue weighted by molar-refractivity contribution is -0.384. The smallest absolute Gasteiger partial charge is 0.269 e. The second-order valence-corrected chi connectivity index (χ2v) is 8.48. The maximum atomic E-state index is 13.0. The van der Waals surface area contributed by atoms with E-state index in [1.54, 1.807) is 31.2 Å². The first-order valence-corrected chi connectivity index (χ1v) is 10.9. The largest absolute Gasteiger partial charge is 0.271 e. The van der Waals surface area contributed by atoms with Crippen LogP contribution in [-0.4, -0.2) is 33.0 Å². The molecule has 0 bridgehead atoms. The van der Waals surface area contributed by atoms with E-state index in [1.807, 2.05) is 41.3 Å². The molecule has 1 heterocycles. The van der Waals surface area contributed by atoms with Gasteiger partial charge in [-0.15, -0.1) is 0 Å². The van der Waals surface area contributed by atoms with E-state index in [2.05, 4.69) is 5.10 Å². The minimum atomic E-state index is -0.486. The van der Waals surface area contributed by atoms with Gasteiger partial charge in [0, 0.05) is 18.7 Å². The Morgan fingerprint density at radius 3 is 2.39 bits per heavy atom. The summed E-state index contributed by atoms with van der Waals surface area (Å²) in [7, 11) is 0. The standard InChI is InChI=1S/C24H20Cl2N4O3/c1-16(18-7-10-20(11-8-18)30(32)33)27-29-23(31)15-28(14-17-5-3-2-4-6-17)24(29)19-9-12-21(25)22(26)13-19/h2-13,24H,14-15H2,1H3/b27-16-/t24-/m1/s1. The number of halogens is 2. The third-order valence-corrected chi connectivity index (χ3v) is 6.13. The molecule has 1 fully saturated rings. The van der Waals surface area contributed by atoms with Crippen molar-refractivity contribution in [2.75, 3.05) is 6.54 Å². The number of rotatable bonds is 6. The molecule has 3 aromatic rings. The predicted octanol–water partition coefficient (Wildman–Crippen LogP) is 5.67. The Labute approximate surface area is 201 Å². The summed E-state index contributed by atoms with van der Waals surface area (Å²) in [5, 5.41) is 17.8. The highest BCUT2D eigenvalue weighted by Gasteiger charge is 2.39. The molecule has 9 heteroatoms. The van der Waals surface area contributed by atoms with Gasteiger partial charge >= 0.3 is 0 Å². The molecule has 3 aromatic carbocycles. The third-order valence-electron chi connectivity index (χ3n) is 5.40. The van der Waals surface area contributed by atoms with Crippen molar-refractivity contribution in [3.05, 3.63) is 110 Å². The van der Waals surface area contributed by atoms with Crippen LogP contribution < -0.4 is 0 Å². The molecule has 7 nitrogen and oxygen atoms in total. The highest BCUT2D eigenvalue weighted by molar-refractivity contribution is 6.42. The number of carbonyl (C=O) groups is 1. The molecular weight excluding hydrogens is 463 g/mol. The Morgan fingerprint density at radius 1 is 1.06 bits per heavy atom. The molecule has 4 rings (SSSR count). The van der Waals surface area contributed by atoms with E-state index in [0.717, 1.165) is 11.1 Å². The van der Waals surface area contributed by atoms with Crippen molar-refractivity contribution in [1.29, 1.82) is 0 Å². The highest BCUT2D eigenvalue weighted by Crippen LogP contribution is 2.35. The van der Waals surface area contributed by atoms with Crippen LogP contribution in [-0.2, 0) is 11.3 Å². The summed E-state index contributed by atoms with van der Waals surface area (Å²) in [5.41, 5.74) is 3.08. The van der Waals surface area contributed by atoms with Crippen LogP contribution in [0.4, 0.5) is 5.69 Å². The molecule has 1 amide bonds. The molecule has 1 aliphatic rings. The van der Waals surface area contributed by atoms with Gasteiger partial charge in [0.1, 0.15) is 6.17 Å². The zero-order valence-corrected chi connectivity index (χ0v) is 19.2. The quantitative estimate of drug-likeness (QED) is 0.257. The molecular formula is C24H20Cl2N4O3. The molecule has 1 atom stereocenters. The number of benzene rings is 3. The normalized spacial score (nSPS) is 16.9. The minimum Gasteiger partial charge on any atom is -0.271 e. The van der Waals surface area contributed by atoms with Gasteiger partial charge in [-0.05, 0) is 47.9 Å². The lowest BCUT2D eigenvalue weighted by Crippen LogP contribution is -2.29. The minimum absolute atomic E-state index is 0.00785. The Hall–Kier alpha value is -3.26. The summed E-state index contributed by atoms with van der Waals surface area (Å²) in [5.74, 6) is -0.164. The Bertz CT molecular complexity index is 1220. The number of hydrazone groups is 1. The van der Waals surface area contributed by atoms with E-state index in [9.17, 15) is 14.9 Å². The van der Waals surface area contributed by atoms with Gasteiger partial charge in [-0.1, -0.05) is 59.6 Å². The number of non-ortho nitro benzene ring substituents is 1. The second-order valence-electron chi connectivity index (χ2n) is 7.67. The van der Waals surface area contributed by atoms with Gasteiger partial charge in [0.2, 0.25) is 0 Å². The molecule has 1 aliphatic heterocycles. The zero-order chi connectivity index (χ0) is 23.5. The van der Waals surface area contributed by atoms with E-state index < -0.39 is 11.1 Å². The SMILES string of the molecule is C/C(=N/N1C(=O)CN(Cc2ccccc2)[C@H]1c1ccc(Cl)c(Cl)c1)c1ccc([N+](=O)[O-])cc1. The topological polar surface area (TPSA) is 79.0 Å². The highest BCUT2D eigenvalue weighted by atomic mass is 35.5. The van der Waals surface area contributed by atoms with E-state index >= 15 is 0 Å². The van der Waals surface area contributed by atoms with E-state index in [4.69, 9.17) is 23.2 Å². The predicted molar refractivity (Wildman–Crippen MR) is 128 cm³/mol. The van der Waals surface area contributed by atoms with Crippen LogP contribution in [0.15, 0.2) is 77.9 Å². The van der Waals surface area contributed by atoms with Gasteiger partial charge in [0.05, 0.1) is 27.2 Å². The second kappa shape index (κ2) is 9.70. The number of nitro benzene ring substituents is 1. The van der Waals surface area contributed by atoms with Crippen molar-refractivity contribution >= 4 is 40.5 Å². The summed E-state index contributed by atoms with van der Waals surface area (Å²) in [4.78, 5) is 25.5. The summed E-state index contributed by atoms with van der Waals surface area (Å²) in [6, 6.07) is 21.2. The van der Waals surface area contributed by atoms with Gasteiger partial charge in [-0.25, -0.2) is 5.01 Å². The number of nitrogens with zero attached hydrogens (tertiary/aromatic N) is 4. The van der Waals surface area contributed by atoms with E-state index in [0.29, 0.717) is 27.9 Å². The van der Waals surface area contributed by atoms with Gasteiger partial charge in [-0.2, -0.15) is 5.10 Å². The summed E-state index contributed by atoms with van der Waals surface area (Å²) in [6.07, 6.45) is -0.486. The summed E-state index contributed by atoms with van der Waals surface area (Å²) < 4.78 is 0. The van der Waals surface area contributed by atoms with Crippen LogP contribution in [0.1, 0.15) is 29.8 Å². The van der Waals surface area contributed by atoms with Crippen LogP contribution >= 0.6 is 23.2 Å². The van der Waals surface area contributed by atoms with E-state index in [1.165, 1.54) is 17.1 Å². The average molecular weight is 483 g/mol. The molecule has 33 heavy (non-hydrogen) atoms. The number of nitro groups is 1. The number of carbonyl (C=O) groups excluding carboxylic acids is 1. The van der Waals surface area contributed by atoms with Crippen molar-refractivity contribution in [2.24, 2.45) is 5.10 Å². The molecule has 1 saturated heterocycles. The van der Waals surface area contributed by atoms with Crippen LogP contribution in [0.3, 0.4) is 0 Å². The Kier molecular flexibility index (Phi) is 6.74. The molecule has 0 aliphatic carbocycles. The number of hydrogen-bond donors (Lipinski definition) is 0. The third kappa shape index (κ3) is 5.06. The summed E-state index contributed by atoms with van der Waals surface area (Å²) >= 11 is 12.4. The number of hydrogen-bond acceptors (Lipinski definition) is 5. The first kappa shape index (κ1) is 22.9. The van der Waals surface area contributed by atoms with Crippen molar-refractivity contribution in [2.45, 2.75) is 19.6 Å². The fourth-order valence-corrected chi connectivity index (χ4v) is 4.07. The van der Waals surface area contributed by atoms with Gasteiger partial charge < -0.3 is 0 Å². The van der Waals surface area contributed by atoms with Crippen molar-refractivity contribution in [3.8, 4) is 0 Å². The zero-order valence-electron chi connectivity index (χ0n) is 17.7. The lowest BCUT2D eigenvalue weighted by atomic mass is 10.1. The number of amides is 1. The Morgan fingerprint density at radius 2 is 1.76 bits per heavy atom. The molecule has 0 radical (unpaired) electrons. The molecule has 0 N–H and O–H groups in total. The van der Waals surface area contributed by atoms with Crippen LogP contribution in [0.2, 0.25) is 10.0 Å². The lowest BCUT2D eigenvalue weighted by Gasteiger charge is -2.28. The van der Waals surface area contributed by atoms with E-state index in [-0.39, 0.29) is 18.1 Å². The van der Waals surface area contributed by atoms with Crippen molar-refractivity contribution in [3.63, 3.8) is 0 Å². The van der Waals surface area contributed by atoms with Gasteiger partial charge in [-0.3, -0.25) is 19.8 Å². The molecule has 168 valence electrons. The maximum Gasteiger partial charge on any atom is 0.269 e. The Balaban J connectivity index is 1.70. The first-order chi connectivity index (χ1) is 15.8. The summed E-state index contributed by atoms with van der Waals surface area (Å²) in [6.45, 7) is 2.48. The molecule has 0 spiro atoms. The molecule has 0 aromatic heterocycles. The van der Waals surface area contributed by atoms with Crippen molar-refractivity contribution in [1.82, 2.24) is 9.91 Å². The van der Waals surface area contributed by atoms with Crippen LogP contribution in [0.25, 0.3) is 0 Å². The van der Waals surface area contributed by atoms with Crippen molar-refractivity contribution < 1.29 is 9.72 Å². The maximum absolute atomic E-state index is 13.0.